The Labute approximate surface area is 116 Å². The number of rotatable bonds is 5. The van der Waals surface area contributed by atoms with Gasteiger partial charge in [0.2, 0.25) is 0 Å². The lowest BCUT2D eigenvalue weighted by atomic mass is 9.81. The van der Waals surface area contributed by atoms with E-state index in [0.717, 1.165) is 0 Å². The number of carboxylic acids is 2. The maximum absolute atomic E-state index is 11.4. The van der Waals surface area contributed by atoms with Crippen LogP contribution in [0.5, 0.6) is 0 Å². The molecule has 4 heteroatoms. The molecule has 0 N–H and O–H groups in total. The minimum absolute atomic E-state index is 0.380. The summed E-state index contributed by atoms with van der Waals surface area (Å²) < 4.78 is 0. The molecule has 0 fully saturated rings. The first kappa shape index (κ1) is 13.8. The fourth-order valence-electron chi connectivity index (χ4n) is 2.25. The zero-order valence-electron chi connectivity index (χ0n) is 10.6. The molecular weight excluding hydrogens is 256 g/mol. The Morgan fingerprint density at radius 3 is 1.20 bits per heavy atom. The summed E-state index contributed by atoms with van der Waals surface area (Å²) in [5.41, 5.74) is 0.760. The predicted molar refractivity (Wildman–Crippen MR) is 68.4 cm³/mol. The molecule has 0 aliphatic heterocycles. The minimum Gasteiger partial charge on any atom is -0.549 e. The molecule has 0 aliphatic carbocycles. The molecule has 0 saturated heterocycles. The first-order chi connectivity index (χ1) is 9.61. The van der Waals surface area contributed by atoms with E-state index < -0.39 is 23.8 Å². The molecule has 0 saturated carbocycles. The van der Waals surface area contributed by atoms with Gasteiger partial charge in [0.15, 0.2) is 0 Å². The smallest absolute Gasteiger partial charge is 0.0499 e. The van der Waals surface area contributed by atoms with E-state index in [2.05, 4.69) is 0 Å². The topological polar surface area (TPSA) is 80.3 Å². The van der Waals surface area contributed by atoms with Crippen LogP contribution >= 0.6 is 0 Å². The second-order valence-corrected chi connectivity index (χ2v) is 4.41. The molecule has 0 spiro atoms. The zero-order valence-corrected chi connectivity index (χ0v) is 10.6. The molecule has 102 valence electrons. The van der Waals surface area contributed by atoms with E-state index >= 15 is 0 Å². The summed E-state index contributed by atoms with van der Waals surface area (Å²) in [4.78, 5) is 22.8. The van der Waals surface area contributed by atoms with E-state index in [1.54, 1.807) is 60.7 Å². The lowest BCUT2D eigenvalue weighted by Gasteiger charge is -2.29. The first-order valence-electron chi connectivity index (χ1n) is 6.13. The van der Waals surface area contributed by atoms with Crippen LogP contribution in [0.4, 0.5) is 0 Å². The highest BCUT2D eigenvalue weighted by molar-refractivity contribution is 5.86. The number of hydrogen-bond acceptors (Lipinski definition) is 4. The van der Waals surface area contributed by atoms with Crippen LogP contribution in [0.15, 0.2) is 60.7 Å². The third kappa shape index (κ3) is 2.85. The summed E-state index contributed by atoms with van der Waals surface area (Å²) in [6.07, 6.45) is 0. The molecule has 0 heterocycles. The number of carboxylic acid groups (broad SMARTS) is 2. The molecule has 0 aliphatic rings. The number of carbonyl (C=O) groups is 2. The molecule has 2 atom stereocenters. The molecule has 2 aromatic rings. The highest BCUT2D eigenvalue weighted by atomic mass is 16.4. The normalized spacial score (nSPS) is 13.4. The molecule has 0 unspecified atom stereocenters. The molecule has 2 aromatic carbocycles. The Bertz CT molecular complexity index is 537. The van der Waals surface area contributed by atoms with E-state index in [1.807, 2.05) is 0 Å². The van der Waals surface area contributed by atoms with Gasteiger partial charge in [0.05, 0.1) is 0 Å². The average Bonchev–Trinajstić information content (AvgIpc) is 2.45. The van der Waals surface area contributed by atoms with Crippen LogP contribution in [0.3, 0.4) is 0 Å². The second-order valence-electron chi connectivity index (χ2n) is 4.41. The van der Waals surface area contributed by atoms with E-state index in [1.165, 1.54) is 0 Å². The third-order valence-electron chi connectivity index (χ3n) is 3.16. The quantitative estimate of drug-likeness (QED) is 0.767. The lowest BCUT2D eigenvalue weighted by molar-refractivity contribution is -0.319. The fourth-order valence-corrected chi connectivity index (χ4v) is 2.25. The van der Waals surface area contributed by atoms with E-state index in [-0.39, 0.29) is 0 Å². The van der Waals surface area contributed by atoms with Crippen molar-refractivity contribution in [3.63, 3.8) is 0 Å². The van der Waals surface area contributed by atoms with Crippen LogP contribution in [0, 0.1) is 0 Å². The van der Waals surface area contributed by atoms with Gasteiger partial charge in [0, 0.05) is 23.8 Å². The molecule has 2 rings (SSSR count). The summed E-state index contributed by atoms with van der Waals surface area (Å²) >= 11 is 0. The molecule has 4 nitrogen and oxygen atoms in total. The number of aliphatic carboxylic acids is 2. The van der Waals surface area contributed by atoms with Crippen LogP contribution in [0.2, 0.25) is 0 Å². The van der Waals surface area contributed by atoms with Crippen molar-refractivity contribution in [2.24, 2.45) is 0 Å². The molecule has 0 bridgehead atoms. The van der Waals surface area contributed by atoms with Gasteiger partial charge in [-0.05, 0) is 11.1 Å². The van der Waals surface area contributed by atoms with Crippen LogP contribution in [-0.2, 0) is 9.59 Å². The predicted octanol–water partition coefficient (Wildman–Crippen LogP) is 0.0538. The molecule has 20 heavy (non-hydrogen) atoms. The fraction of sp³-hybridized carbons (Fsp3) is 0.125. The van der Waals surface area contributed by atoms with Crippen molar-refractivity contribution in [3.05, 3.63) is 71.8 Å². The van der Waals surface area contributed by atoms with Crippen molar-refractivity contribution >= 4 is 11.9 Å². The van der Waals surface area contributed by atoms with Crippen LogP contribution in [0.1, 0.15) is 23.0 Å². The van der Waals surface area contributed by atoms with Crippen molar-refractivity contribution in [1.29, 1.82) is 0 Å². The zero-order chi connectivity index (χ0) is 14.5. The number of hydrogen-bond donors (Lipinski definition) is 0. The van der Waals surface area contributed by atoms with Gasteiger partial charge in [-0.3, -0.25) is 0 Å². The highest BCUT2D eigenvalue weighted by Crippen LogP contribution is 2.32. The summed E-state index contributed by atoms with van der Waals surface area (Å²) in [6, 6.07) is 16.4. The van der Waals surface area contributed by atoms with Gasteiger partial charge in [0.1, 0.15) is 0 Å². The van der Waals surface area contributed by atoms with Crippen LogP contribution in [0.25, 0.3) is 0 Å². The van der Waals surface area contributed by atoms with Crippen molar-refractivity contribution in [1.82, 2.24) is 0 Å². The largest absolute Gasteiger partial charge is 0.549 e. The van der Waals surface area contributed by atoms with E-state index in [0.29, 0.717) is 11.1 Å². The Kier molecular flexibility index (Phi) is 4.15. The highest BCUT2D eigenvalue weighted by Gasteiger charge is 2.27. The van der Waals surface area contributed by atoms with E-state index in [9.17, 15) is 19.8 Å². The summed E-state index contributed by atoms with van der Waals surface area (Å²) in [5, 5.41) is 22.8. The molecule has 0 aromatic heterocycles. The number of benzene rings is 2. The van der Waals surface area contributed by atoms with Crippen molar-refractivity contribution in [3.8, 4) is 0 Å². The van der Waals surface area contributed by atoms with Crippen molar-refractivity contribution in [2.75, 3.05) is 0 Å². The van der Waals surface area contributed by atoms with E-state index in [4.69, 9.17) is 0 Å². The van der Waals surface area contributed by atoms with Gasteiger partial charge < -0.3 is 19.8 Å². The average molecular weight is 268 g/mol. The Morgan fingerprint density at radius 1 is 0.650 bits per heavy atom. The minimum atomic E-state index is -1.44. The Morgan fingerprint density at radius 2 is 0.950 bits per heavy atom. The van der Waals surface area contributed by atoms with Gasteiger partial charge in [-0.25, -0.2) is 0 Å². The van der Waals surface area contributed by atoms with Crippen LogP contribution < -0.4 is 10.2 Å². The van der Waals surface area contributed by atoms with Gasteiger partial charge in [-0.1, -0.05) is 60.7 Å². The van der Waals surface area contributed by atoms with Gasteiger partial charge >= 0.3 is 0 Å². The first-order valence-corrected chi connectivity index (χ1v) is 6.13. The second kappa shape index (κ2) is 6.02. The lowest BCUT2D eigenvalue weighted by Crippen LogP contribution is -2.41. The summed E-state index contributed by atoms with van der Waals surface area (Å²) in [6.45, 7) is 0. The van der Waals surface area contributed by atoms with Gasteiger partial charge in [0.25, 0.3) is 0 Å². The SMILES string of the molecule is O=C([O-])[C@H](c1ccccc1)[C@@H](C(=O)[O-])c1ccccc1. The maximum Gasteiger partial charge on any atom is 0.0499 e. The standard InChI is InChI=1S/C16H14O4/c17-15(18)13(11-7-3-1-4-8-11)14(16(19)20)12-9-5-2-6-10-12/h1-10,13-14H,(H,17,18)(H,19,20)/p-2/t13-,14+. The summed E-state index contributed by atoms with van der Waals surface area (Å²) in [7, 11) is 0. The molecule has 0 radical (unpaired) electrons. The Hall–Kier alpha value is -2.62. The Balaban J connectivity index is 2.50. The monoisotopic (exact) mass is 268 g/mol. The summed E-state index contributed by atoms with van der Waals surface area (Å²) in [5.74, 6) is -5.45. The maximum atomic E-state index is 11.4. The van der Waals surface area contributed by atoms with Gasteiger partial charge in [-0.15, -0.1) is 0 Å². The van der Waals surface area contributed by atoms with Gasteiger partial charge in [-0.2, -0.15) is 0 Å². The molecule has 0 amide bonds. The molecular formula is C16H12O4-2. The van der Waals surface area contributed by atoms with Crippen molar-refractivity contribution < 1.29 is 19.8 Å². The number of carbonyl (C=O) groups excluding carboxylic acids is 2. The van der Waals surface area contributed by atoms with Crippen molar-refractivity contribution in [2.45, 2.75) is 11.8 Å². The third-order valence-corrected chi connectivity index (χ3v) is 3.16. The van der Waals surface area contributed by atoms with Crippen LogP contribution in [-0.4, -0.2) is 11.9 Å².